The average molecular weight is 480 g/mol. The molecule has 9 heteroatoms. The molecule has 3 aromatic rings. The van der Waals surface area contributed by atoms with Gasteiger partial charge in [-0.05, 0) is 25.5 Å². The summed E-state index contributed by atoms with van der Waals surface area (Å²) in [6.45, 7) is 5.35. The number of nitrogens with zero attached hydrogens (tertiary/aromatic N) is 4. The highest BCUT2D eigenvalue weighted by Crippen LogP contribution is 2.24. The Kier molecular flexibility index (Phi) is 7.87. The lowest BCUT2D eigenvalue weighted by Crippen LogP contribution is -2.36. The summed E-state index contributed by atoms with van der Waals surface area (Å²) in [7, 11) is 3.10. The van der Waals surface area contributed by atoms with Crippen LogP contribution in [0.2, 0.25) is 0 Å². The molecule has 0 bridgehead atoms. The summed E-state index contributed by atoms with van der Waals surface area (Å²) in [6.07, 6.45) is 5.28. The van der Waals surface area contributed by atoms with Crippen molar-refractivity contribution in [3.8, 4) is 11.5 Å². The monoisotopic (exact) mass is 479 g/mol. The van der Waals surface area contributed by atoms with E-state index in [0.717, 1.165) is 31.6 Å². The van der Waals surface area contributed by atoms with Gasteiger partial charge in [-0.25, -0.2) is 0 Å². The zero-order valence-electron chi connectivity index (χ0n) is 20.6. The Balaban J connectivity index is 1.52. The van der Waals surface area contributed by atoms with Gasteiger partial charge >= 0.3 is 0 Å². The molecule has 1 atom stereocenters. The van der Waals surface area contributed by atoms with Gasteiger partial charge in [0, 0.05) is 74.9 Å². The van der Waals surface area contributed by atoms with E-state index in [4.69, 9.17) is 9.47 Å². The maximum absolute atomic E-state index is 13.4. The Morgan fingerprint density at radius 3 is 2.66 bits per heavy atom. The molecule has 2 aromatic heterocycles. The quantitative estimate of drug-likeness (QED) is 0.507. The minimum Gasteiger partial charge on any atom is -0.496 e. The molecule has 0 aliphatic carbocycles. The third-order valence-corrected chi connectivity index (χ3v) is 6.67. The van der Waals surface area contributed by atoms with E-state index in [1.54, 1.807) is 17.9 Å². The van der Waals surface area contributed by atoms with Crippen LogP contribution in [0.3, 0.4) is 0 Å². The van der Waals surface area contributed by atoms with E-state index < -0.39 is 0 Å². The highest BCUT2D eigenvalue weighted by Gasteiger charge is 2.26. The van der Waals surface area contributed by atoms with Gasteiger partial charge in [0.1, 0.15) is 17.1 Å². The normalized spacial score (nSPS) is 14.6. The number of carbonyl (C=O) groups is 1. The highest BCUT2D eigenvalue weighted by molar-refractivity contribution is 5.98. The van der Waals surface area contributed by atoms with Gasteiger partial charge < -0.3 is 19.4 Å². The Labute approximate surface area is 205 Å². The van der Waals surface area contributed by atoms with Crippen LogP contribution in [0.1, 0.15) is 35.0 Å². The second kappa shape index (κ2) is 11.2. The van der Waals surface area contributed by atoms with Crippen molar-refractivity contribution in [2.75, 3.05) is 27.3 Å². The van der Waals surface area contributed by atoms with Crippen molar-refractivity contribution in [3.05, 3.63) is 76.0 Å². The van der Waals surface area contributed by atoms with Gasteiger partial charge in [0.05, 0.1) is 14.2 Å². The molecule has 9 nitrogen and oxygen atoms in total. The third-order valence-electron chi connectivity index (χ3n) is 6.67. The van der Waals surface area contributed by atoms with Crippen molar-refractivity contribution >= 4 is 5.91 Å². The number of ether oxygens (including phenoxy) is 2. The summed E-state index contributed by atoms with van der Waals surface area (Å²) in [5.41, 5.74) is 1.87. The van der Waals surface area contributed by atoms with Crippen molar-refractivity contribution in [3.63, 3.8) is 0 Å². The summed E-state index contributed by atoms with van der Waals surface area (Å²) in [5.74, 6) is 0.748. The van der Waals surface area contributed by atoms with Gasteiger partial charge in [-0.15, -0.1) is 0 Å². The predicted molar refractivity (Wildman–Crippen MR) is 133 cm³/mol. The molecule has 1 aromatic carbocycles. The molecule has 1 aliphatic heterocycles. The molecule has 0 radical (unpaired) electrons. The number of carbonyl (C=O) groups excluding carboxylic acids is 1. The minimum absolute atomic E-state index is 0.149. The van der Waals surface area contributed by atoms with E-state index >= 15 is 0 Å². The fourth-order valence-electron chi connectivity index (χ4n) is 4.66. The zero-order valence-corrected chi connectivity index (χ0v) is 20.6. The smallest absolute Gasteiger partial charge is 0.257 e. The van der Waals surface area contributed by atoms with E-state index in [-0.39, 0.29) is 11.5 Å². The predicted octanol–water partition coefficient (Wildman–Crippen LogP) is 2.33. The number of aromatic nitrogens is 3. The Morgan fingerprint density at radius 1 is 1.11 bits per heavy atom. The average Bonchev–Trinajstić information content (AvgIpc) is 3.30. The summed E-state index contributed by atoms with van der Waals surface area (Å²) in [5, 5.41) is 7.27. The zero-order chi connectivity index (χ0) is 24.8. The number of aryl methyl sites for hydroxylation is 1. The molecule has 35 heavy (non-hydrogen) atoms. The van der Waals surface area contributed by atoms with E-state index in [9.17, 15) is 9.59 Å². The molecular weight excluding hydrogens is 446 g/mol. The fourth-order valence-corrected chi connectivity index (χ4v) is 4.66. The lowest BCUT2D eigenvalue weighted by Gasteiger charge is -2.27. The number of amides is 1. The number of para-hydroxylation sites is 1. The molecule has 1 unspecified atom stereocenters. The number of methoxy groups -OCH3 is 2. The lowest BCUT2D eigenvalue weighted by molar-refractivity contribution is 0.0945. The Morgan fingerprint density at radius 2 is 1.91 bits per heavy atom. The molecule has 0 spiro atoms. The van der Waals surface area contributed by atoms with Crippen LogP contribution in [-0.4, -0.2) is 58.5 Å². The maximum Gasteiger partial charge on any atom is 0.257 e. The highest BCUT2D eigenvalue weighted by atomic mass is 16.5. The molecule has 4 rings (SSSR count). The summed E-state index contributed by atoms with van der Waals surface area (Å²) in [4.78, 5) is 28.6. The van der Waals surface area contributed by atoms with Crippen LogP contribution in [0.5, 0.6) is 11.5 Å². The summed E-state index contributed by atoms with van der Waals surface area (Å²) in [6, 6.07) is 11.2. The van der Waals surface area contributed by atoms with Gasteiger partial charge in [-0.3, -0.25) is 19.2 Å². The van der Waals surface area contributed by atoms with Gasteiger partial charge in [0.25, 0.3) is 11.5 Å². The van der Waals surface area contributed by atoms with Crippen LogP contribution in [0, 0.1) is 0 Å². The van der Waals surface area contributed by atoms with Crippen LogP contribution < -0.4 is 20.3 Å². The second-order valence-corrected chi connectivity index (χ2v) is 8.71. The SMILES string of the molecule is COc1ccccc1CNC(=O)c1c(OC)cc(=O)n2c1CCN(C(C)CCn1cccn1)CC2. The van der Waals surface area contributed by atoms with Crippen molar-refractivity contribution in [1.82, 2.24) is 24.6 Å². The van der Waals surface area contributed by atoms with E-state index in [0.29, 0.717) is 48.3 Å². The Bertz CT molecular complexity index is 1200. The van der Waals surface area contributed by atoms with Gasteiger partial charge in [0.15, 0.2) is 0 Å². The summed E-state index contributed by atoms with van der Waals surface area (Å²) >= 11 is 0. The number of pyridine rings is 1. The number of fused-ring (bicyclic) bond motifs is 1. The van der Waals surface area contributed by atoms with Crippen LogP contribution >= 0.6 is 0 Å². The van der Waals surface area contributed by atoms with Crippen LogP contribution in [0.25, 0.3) is 0 Å². The summed E-state index contributed by atoms with van der Waals surface area (Å²) < 4.78 is 14.5. The minimum atomic E-state index is -0.267. The number of hydrogen-bond acceptors (Lipinski definition) is 6. The van der Waals surface area contributed by atoms with Crippen LogP contribution in [0.4, 0.5) is 0 Å². The van der Waals surface area contributed by atoms with Crippen molar-refractivity contribution in [2.24, 2.45) is 0 Å². The molecule has 0 saturated heterocycles. The van der Waals surface area contributed by atoms with E-state index in [2.05, 4.69) is 22.2 Å². The number of hydrogen-bond donors (Lipinski definition) is 1. The molecule has 3 heterocycles. The Hall–Kier alpha value is -3.59. The molecule has 1 amide bonds. The molecule has 1 N–H and O–H groups in total. The van der Waals surface area contributed by atoms with E-state index in [1.165, 1.54) is 13.2 Å². The maximum atomic E-state index is 13.4. The van der Waals surface area contributed by atoms with Gasteiger partial charge in [0.2, 0.25) is 0 Å². The van der Waals surface area contributed by atoms with Gasteiger partial charge in [-0.2, -0.15) is 5.10 Å². The number of nitrogens with one attached hydrogen (secondary N) is 1. The van der Waals surface area contributed by atoms with Crippen molar-refractivity contribution in [2.45, 2.75) is 45.4 Å². The second-order valence-electron chi connectivity index (χ2n) is 8.71. The standard InChI is InChI=1S/C26H33N5O4/c1-19(9-14-30-12-6-11-28-30)29-13-10-21-25(23(35-3)17-24(32)31(21)16-15-29)26(33)27-18-20-7-4-5-8-22(20)34-2/h4-8,11-12,17,19H,9-10,13-16,18H2,1-3H3,(H,27,33). The largest absolute Gasteiger partial charge is 0.496 e. The molecule has 1 aliphatic rings. The lowest BCUT2D eigenvalue weighted by atomic mass is 10.1. The van der Waals surface area contributed by atoms with Crippen molar-refractivity contribution in [1.29, 1.82) is 0 Å². The van der Waals surface area contributed by atoms with Gasteiger partial charge in [-0.1, -0.05) is 18.2 Å². The van der Waals surface area contributed by atoms with Crippen LogP contribution in [0.15, 0.2) is 53.6 Å². The first-order chi connectivity index (χ1) is 17.0. The first-order valence-electron chi connectivity index (χ1n) is 11.9. The first kappa shape index (κ1) is 24.5. The molecular formula is C26H33N5O4. The van der Waals surface area contributed by atoms with Crippen molar-refractivity contribution < 1.29 is 14.3 Å². The first-order valence-corrected chi connectivity index (χ1v) is 11.9. The van der Waals surface area contributed by atoms with Crippen LogP contribution in [-0.2, 0) is 26.1 Å². The third kappa shape index (κ3) is 5.57. The van der Waals surface area contributed by atoms with E-state index in [1.807, 2.05) is 41.2 Å². The topological polar surface area (TPSA) is 90.6 Å². The molecule has 186 valence electrons. The molecule has 0 fully saturated rings. The number of rotatable bonds is 9. The number of benzene rings is 1. The fraction of sp³-hybridized carbons (Fsp3) is 0.423. The molecule has 0 saturated carbocycles.